The molecule has 0 aromatic heterocycles. The second-order valence-corrected chi connectivity index (χ2v) is 6.08. The van der Waals surface area contributed by atoms with Crippen molar-refractivity contribution in [3.63, 3.8) is 0 Å². The molecule has 0 amide bonds. The highest BCUT2D eigenvalue weighted by Gasteiger charge is 2.26. The van der Waals surface area contributed by atoms with Crippen LogP contribution in [0.2, 0.25) is 0 Å². The van der Waals surface area contributed by atoms with Gasteiger partial charge in [-0.15, -0.1) is 0 Å². The van der Waals surface area contributed by atoms with Gasteiger partial charge in [0.1, 0.15) is 0 Å². The largest absolute Gasteiger partial charge is 0.329 e. The molecule has 0 radical (unpaired) electrons. The highest BCUT2D eigenvalue weighted by Crippen LogP contribution is 2.26. The highest BCUT2D eigenvalue weighted by molar-refractivity contribution is 5.29. The van der Waals surface area contributed by atoms with Gasteiger partial charge in [0.25, 0.3) is 0 Å². The minimum atomic E-state index is 0.570. The number of nitrogens with two attached hydrogens (primary N) is 1. The second kappa shape index (κ2) is 6.53. The number of rotatable bonds is 4. The van der Waals surface area contributed by atoms with E-state index in [1.807, 2.05) is 0 Å². The molecule has 2 nitrogen and oxygen atoms in total. The van der Waals surface area contributed by atoms with Crippen LogP contribution in [0.15, 0.2) is 18.2 Å². The molecule has 0 bridgehead atoms. The summed E-state index contributed by atoms with van der Waals surface area (Å²) < 4.78 is 0. The predicted molar refractivity (Wildman–Crippen MR) is 82.2 cm³/mol. The molecule has 2 atom stereocenters. The van der Waals surface area contributed by atoms with Gasteiger partial charge in [-0.3, -0.25) is 4.90 Å². The maximum Gasteiger partial charge on any atom is 0.0237 e. The third-order valence-corrected chi connectivity index (χ3v) is 4.75. The number of nitrogens with zero attached hydrogens (tertiary/aromatic N) is 1. The van der Waals surface area contributed by atoms with E-state index in [0.717, 1.165) is 19.0 Å². The van der Waals surface area contributed by atoms with E-state index < -0.39 is 0 Å². The molecule has 1 aliphatic heterocycles. The first-order valence-corrected chi connectivity index (χ1v) is 7.64. The predicted octanol–water partition coefficient (Wildman–Crippen LogP) is 3.25. The fourth-order valence-electron chi connectivity index (χ4n) is 3.14. The van der Waals surface area contributed by atoms with Crippen LogP contribution in [-0.2, 0) is 6.54 Å². The molecule has 2 N–H and O–H groups in total. The van der Waals surface area contributed by atoms with Crippen molar-refractivity contribution in [1.82, 2.24) is 4.90 Å². The zero-order chi connectivity index (χ0) is 13.8. The smallest absolute Gasteiger partial charge is 0.0237 e. The molecule has 2 unspecified atom stereocenters. The lowest BCUT2D eigenvalue weighted by Gasteiger charge is -2.39. The van der Waals surface area contributed by atoms with Crippen molar-refractivity contribution in [3.8, 4) is 0 Å². The van der Waals surface area contributed by atoms with Crippen LogP contribution in [0.4, 0.5) is 0 Å². The second-order valence-electron chi connectivity index (χ2n) is 6.08. The molecule has 2 heteroatoms. The van der Waals surface area contributed by atoms with Crippen LogP contribution in [0.1, 0.15) is 42.9 Å². The van der Waals surface area contributed by atoms with Gasteiger partial charge in [-0.25, -0.2) is 0 Å². The first kappa shape index (κ1) is 14.5. The summed E-state index contributed by atoms with van der Waals surface area (Å²) in [5.41, 5.74) is 10.2. The minimum absolute atomic E-state index is 0.570. The third-order valence-electron chi connectivity index (χ3n) is 4.75. The average Bonchev–Trinajstić information content (AvgIpc) is 2.43. The number of piperidine rings is 1. The molecular weight excluding hydrogens is 232 g/mol. The van der Waals surface area contributed by atoms with Gasteiger partial charge >= 0.3 is 0 Å². The van der Waals surface area contributed by atoms with Gasteiger partial charge in [0.2, 0.25) is 0 Å². The minimum Gasteiger partial charge on any atom is -0.329 e. The van der Waals surface area contributed by atoms with Crippen molar-refractivity contribution in [2.75, 3.05) is 13.1 Å². The lowest BCUT2D eigenvalue weighted by Crippen LogP contribution is -2.46. The quantitative estimate of drug-likeness (QED) is 0.900. The monoisotopic (exact) mass is 260 g/mol. The fraction of sp³-hybridized carbons (Fsp3) is 0.647. The van der Waals surface area contributed by atoms with Crippen molar-refractivity contribution in [1.29, 1.82) is 0 Å². The first-order chi connectivity index (χ1) is 9.13. The highest BCUT2D eigenvalue weighted by atomic mass is 15.2. The lowest BCUT2D eigenvalue weighted by atomic mass is 9.88. The Bertz CT molecular complexity index is 414. The molecule has 0 aliphatic carbocycles. The summed E-state index contributed by atoms with van der Waals surface area (Å²) in [6.07, 6.45) is 3.91. The molecule has 1 aliphatic rings. The van der Waals surface area contributed by atoms with Crippen LogP contribution in [-0.4, -0.2) is 24.0 Å². The topological polar surface area (TPSA) is 29.3 Å². The van der Waals surface area contributed by atoms with Gasteiger partial charge in [-0.2, -0.15) is 0 Å². The number of likely N-dealkylation sites (tertiary alicyclic amines) is 1. The van der Waals surface area contributed by atoms with E-state index in [0.29, 0.717) is 6.04 Å². The van der Waals surface area contributed by atoms with Crippen LogP contribution in [0.3, 0.4) is 0 Å². The van der Waals surface area contributed by atoms with E-state index in [2.05, 4.69) is 43.9 Å². The van der Waals surface area contributed by atoms with E-state index in [4.69, 9.17) is 5.73 Å². The molecule has 1 aromatic rings. The van der Waals surface area contributed by atoms with Crippen LogP contribution in [0.25, 0.3) is 0 Å². The Hall–Kier alpha value is -0.860. The van der Waals surface area contributed by atoms with E-state index in [1.54, 1.807) is 0 Å². The van der Waals surface area contributed by atoms with Gasteiger partial charge in [0, 0.05) is 19.1 Å². The molecular formula is C17H28N2. The summed E-state index contributed by atoms with van der Waals surface area (Å²) in [6, 6.07) is 7.40. The van der Waals surface area contributed by atoms with Crippen molar-refractivity contribution in [3.05, 3.63) is 34.9 Å². The molecule has 106 valence electrons. The average molecular weight is 260 g/mol. The molecule has 1 fully saturated rings. The fourth-order valence-corrected chi connectivity index (χ4v) is 3.14. The number of hydrogen-bond acceptors (Lipinski definition) is 2. The van der Waals surface area contributed by atoms with Crippen LogP contribution >= 0.6 is 0 Å². The molecule has 1 heterocycles. The van der Waals surface area contributed by atoms with E-state index in [-0.39, 0.29) is 0 Å². The number of benzene rings is 1. The van der Waals surface area contributed by atoms with Gasteiger partial charge < -0.3 is 5.73 Å². The van der Waals surface area contributed by atoms with E-state index >= 15 is 0 Å². The van der Waals surface area contributed by atoms with Gasteiger partial charge in [0.05, 0.1) is 0 Å². The maximum atomic E-state index is 5.98. The Morgan fingerprint density at radius 3 is 2.68 bits per heavy atom. The SMILES string of the molecule is CCC1CCN(Cc2ccc(C)c(C)c2)C(CN)C1. The molecule has 2 rings (SSSR count). The summed E-state index contributed by atoms with van der Waals surface area (Å²) in [7, 11) is 0. The summed E-state index contributed by atoms with van der Waals surface area (Å²) in [5, 5.41) is 0. The first-order valence-electron chi connectivity index (χ1n) is 7.64. The van der Waals surface area contributed by atoms with Gasteiger partial charge in [0.15, 0.2) is 0 Å². The molecule has 0 spiro atoms. The number of aryl methyl sites for hydroxylation is 2. The zero-order valence-corrected chi connectivity index (χ0v) is 12.7. The van der Waals surface area contributed by atoms with Crippen LogP contribution < -0.4 is 5.73 Å². The lowest BCUT2D eigenvalue weighted by molar-refractivity contribution is 0.107. The van der Waals surface area contributed by atoms with Crippen molar-refractivity contribution < 1.29 is 0 Å². The van der Waals surface area contributed by atoms with Crippen LogP contribution in [0, 0.1) is 19.8 Å². The summed E-state index contributed by atoms with van der Waals surface area (Å²) >= 11 is 0. The van der Waals surface area contributed by atoms with Crippen molar-refractivity contribution in [2.45, 2.75) is 52.6 Å². The summed E-state index contributed by atoms with van der Waals surface area (Å²) in [5.74, 6) is 0.879. The van der Waals surface area contributed by atoms with E-state index in [1.165, 1.54) is 42.5 Å². The summed E-state index contributed by atoms with van der Waals surface area (Å²) in [6.45, 7) is 9.72. The standard InChI is InChI=1S/C17H28N2/c1-4-15-7-8-19(17(10-15)11-18)12-16-6-5-13(2)14(3)9-16/h5-6,9,15,17H,4,7-8,10-12,18H2,1-3H3. The van der Waals surface area contributed by atoms with Crippen molar-refractivity contribution >= 4 is 0 Å². The van der Waals surface area contributed by atoms with Crippen LogP contribution in [0.5, 0.6) is 0 Å². The Balaban J connectivity index is 2.03. The molecule has 1 saturated heterocycles. The molecule has 0 saturated carbocycles. The zero-order valence-electron chi connectivity index (χ0n) is 12.7. The van der Waals surface area contributed by atoms with Crippen molar-refractivity contribution in [2.24, 2.45) is 11.7 Å². The normalized spacial score (nSPS) is 24.6. The Kier molecular flexibility index (Phi) is 5.00. The Morgan fingerprint density at radius 2 is 2.05 bits per heavy atom. The van der Waals surface area contributed by atoms with Gasteiger partial charge in [-0.1, -0.05) is 31.5 Å². The third kappa shape index (κ3) is 3.58. The maximum absolute atomic E-state index is 5.98. The van der Waals surface area contributed by atoms with Gasteiger partial charge in [-0.05, 0) is 55.8 Å². The summed E-state index contributed by atoms with van der Waals surface area (Å²) in [4.78, 5) is 2.58. The molecule has 19 heavy (non-hydrogen) atoms. The molecule has 1 aromatic carbocycles. The Labute approximate surface area is 118 Å². The van der Waals surface area contributed by atoms with E-state index in [9.17, 15) is 0 Å². The Morgan fingerprint density at radius 1 is 1.26 bits per heavy atom. The number of hydrogen-bond donors (Lipinski definition) is 1.